The fourth-order valence-corrected chi connectivity index (χ4v) is 4.78. The van der Waals surface area contributed by atoms with Crippen molar-refractivity contribution in [2.24, 2.45) is 0 Å². The van der Waals surface area contributed by atoms with Crippen molar-refractivity contribution in [2.45, 2.75) is 89.3 Å². The van der Waals surface area contributed by atoms with E-state index in [4.69, 9.17) is 0 Å². The summed E-state index contributed by atoms with van der Waals surface area (Å²) < 4.78 is 32.5. The van der Waals surface area contributed by atoms with E-state index < -0.39 is 11.5 Å². The summed E-state index contributed by atoms with van der Waals surface area (Å²) in [5, 5.41) is 23.0. The Bertz CT molecular complexity index is 1230. The van der Waals surface area contributed by atoms with Crippen molar-refractivity contribution in [3.05, 3.63) is 64.2 Å². The highest BCUT2D eigenvalue weighted by molar-refractivity contribution is 5.89. The lowest BCUT2D eigenvalue weighted by Crippen LogP contribution is -2.43. The van der Waals surface area contributed by atoms with Crippen molar-refractivity contribution < 1.29 is 13.9 Å². The largest absolute Gasteiger partial charge is 0.384 e. The maximum atomic E-state index is 15.4. The van der Waals surface area contributed by atoms with Crippen LogP contribution in [-0.2, 0) is 12.5 Å². The van der Waals surface area contributed by atoms with Crippen LogP contribution in [0.3, 0.4) is 0 Å². The fourth-order valence-electron chi connectivity index (χ4n) is 4.78. The topological polar surface area (TPSA) is 80.0 Å². The lowest BCUT2D eigenvalue weighted by molar-refractivity contribution is -0.182. The van der Waals surface area contributed by atoms with Crippen LogP contribution in [0.2, 0.25) is 0 Å². The Hall–Kier alpha value is -2.87. The van der Waals surface area contributed by atoms with E-state index in [1.165, 1.54) is 25.1 Å². The van der Waals surface area contributed by atoms with Crippen molar-refractivity contribution in [2.75, 3.05) is 5.32 Å². The van der Waals surface area contributed by atoms with E-state index in [1.54, 1.807) is 22.9 Å². The Morgan fingerprint density at radius 1 is 1.09 bits per heavy atom. The molecule has 1 aromatic carbocycles. The van der Waals surface area contributed by atoms with Crippen LogP contribution in [0.1, 0.15) is 82.4 Å². The number of aryl methyl sites for hydroxylation is 1. The quantitative estimate of drug-likeness (QED) is 0.413. The molecular formula is C27H34F2N4O2. The first-order valence-corrected chi connectivity index (χ1v) is 12.5. The zero-order chi connectivity index (χ0) is 25.1. The molecule has 6 nitrogen and oxygen atoms in total. The van der Waals surface area contributed by atoms with Gasteiger partial charge in [-0.1, -0.05) is 56.7 Å². The average Bonchev–Trinajstić information content (AvgIpc) is 2.83. The van der Waals surface area contributed by atoms with Gasteiger partial charge in [0.25, 0.3) is 5.56 Å². The molecule has 0 saturated heterocycles. The standard InChI is InChI=1S/C27H34F2N4O2/c1-19-20-11-10-12-21(15-20)27(28,29)26(2,35)13-8-6-4-3-5-7-9-14-33-18-22-23(16-25(33)34)32-30-17-24(22)31-19/h10-12,15-19,31,35H,3-9,13-14H2,1-2H3/t19-,26?/m1/s1. The van der Waals surface area contributed by atoms with E-state index in [9.17, 15) is 9.90 Å². The SMILES string of the molecule is C[C@H]1Nc2cnnc3cc(=O)n(cc23)CCCCCCCCCC(C)(O)C(F)(F)c2cccc1c2. The van der Waals surface area contributed by atoms with Crippen LogP contribution in [0.4, 0.5) is 14.5 Å². The monoisotopic (exact) mass is 484 g/mol. The summed E-state index contributed by atoms with van der Waals surface area (Å²) in [5.74, 6) is -3.38. The zero-order valence-electron chi connectivity index (χ0n) is 20.4. The smallest absolute Gasteiger partial charge is 0.300 e. The van der Waals surface area contributed by atoms with Crippen LogP contribution in [-0.4, -0.2) is 25.5 Å². The van der Waals surface area contributed by atoms with E-state index in [2.05, 4.69) is 15.5 Å². The van der Waals surface area contributed by atoms with Gasteiger partial charge in [-0.15, -0.1) is 0 Å². The molecule has 1 unspecified atom stereocenters. The Kier molecular flexibility index (Phi) is 7.50. The van der Waals surface area contributed by atoms with Crippen molar-refractivity contribution in [3.63, 3.8) is 0 Å². The van der Waals surface area contributed by atoms with E-state index >= 15 is 8.78 Å². The molecule has 35 heavy (non-hydrogen) atoms. The third kappa shape index (κ3) is 5.53. The number of fused-ring (bicyclic) bond motifs is 3. The average molecular weight is 485 g/mol. The highest BCUT2D eigenvalue weighted by atomic mass is 19.3. The Morgan fingerprint density at radius 3 is 2.57 bits per heavy atom. The number of hydrogen-bond acceptors (Lipinski definition) is 5. The van der Waals surface area contributed by atoms with Gasteiger partial charge in [0.05, 0.1) is 11.9 Å². The summed E-state index contributed by atoms with van der Waals surface area (Å²) in [6, 6.07) is 7.38. The fraction of sp³-hybridized carbons (Fsp3) is 0.519. The van der Waals surface area contributed by atoms with Crippen LogP contribution in [0.15, 0.2) is 47.5 Å². The summed E-state index contributed by atoms with van der Waals surface area (Å²) in [5.41, 5.74) is -0.615. The molecule has 8 heteroatoms. The normalized spacial score (nSPS) is 24.1. The highest BCUT2D eigenvalue weighted by Crippen LogP contribution is 2.42. The third-order valence-electron chi connectivity index (χ3n) is 7.11. The molecule has 188 valence electrons. The predicted octanol–water partition coefficient (Wildman–Crippen LogP) is 5.94. The molecule has 3 aromatic rings. The number of alkyl halides is 2. The van der Waals surface area contributed by atoms with Gasteiger partial charge in [-0.2, -0.15) is 19.0 Å². The first-order valence-electron chi connectivity index (χ1n) is 12.5. The number of aromatic nitrogens is 3. The number of benzene rings is 1. The first kappa shape index (κ1) is 25.2. The molecule has 2 aromatic heterocycles. The molecule has 0 spiro atoms. The maximum absolute atomic E-state index is 15.4. The van der Waals surface area contributed by atoms with Crippen molar-refractivity contribution in [1.82, 2.24) is 14.8 Å². The van der Waals surface area contributed by atoms with Crippen LogP contribution < -0.4 is 10.9 Å². The minimum Gasteiger partial charge on any atom is -0.384 e. The third-order valence-corrected chi connectivity index (χ3v) is 7.11. The number of pyridine rings is 1. The minimum absolute atomic E-state index is 0.0380. The molecule has 0 amide bonds. The Labute approximate surface area is 204 Å². The van der Waals surface area contributed by atoms with Gasteiger partial charge in [0, 0.05) is 35.8 Å². The molecule has 0 fully saturated rings. The van der Waals surface area contributed by atoms with Crippen LogP contribution in [0.5, 0.6) is 0 Å². The number of hydrogen-bond donors (Lipinski definition) is 2. The molecule has 2 N–H and O–H groups in total. The first-order chi connectivity index (χ1) is 16.7. The highest BCUT2D eigenvalue weighted by Gasteiger charge is 2.49. The van der Waals surface area contributed by atoms with Gasteiger partial charge in [0.1, 0.15) is 11.1 Å². The molecule has 1 aliphatic rings. The molecule has 0 radical (unpaired) electrons. The minimum atomic E-state index is -3.38. The van der Waals surface area contributed by atoms with Gasteiger partial charge in [0.15, 0.2) is 0 Å². The number of nitrogens with one attached hydrogen (secondary N) is 1. The predicted molar refractivity (Wildman–Crippen MR) is 134 cm³/mol. The van der Waals surface area contributed by atoms with Crippen LogP contribution in [0, 0.1) is 0 Å². The number of anilines is 1. The van der Waals surface area contributed by atoms with Gasteiger partial charge in [0.2, 0.25) is 0 Å². The Balaban J connectivity index is 1.71. The number of rotatable bonds is 0. The summed E-state index contributed by atoms with van der Waals surface area (Å²) in [6.07, 6.45) is 9.64. The van der Waals surface area contributed by atoms with Crippen molar-refractivity contribution in [3.8, 4) is 0 Å². The molecular weight excluding hydrogens is 450 g/mol. The summed E-state index contributed by atoms with van der Waals surface area (Å²) in [4.78, 5) is 12.6. The molecule has 0 saturated carbocycles. The van der Waals surface area contributed by atoms with Gasteiger partial charge in [-0.3, -0.25) is 4.79 Å². The summed E-state index contributed by atoms with van der Waals surface area (Å²) in [6.45, 7) is 3.75. The molecule has 4 rings (SSSR count). The number of nitrogens with zero attached hydrogens (tertiary/aromatic N) is 3. The molecule has 2 atom stereocenters. The Morgan fingerprint density at radius 2 is 1.80 bits per heavy atom. The zero-order valence-corrected chi connectivity index (χ0v) is 20.4. The van der Waals surface area contributed by atoms with Gasteiger partial charge in [-0.05, 0) is 38.3 Å². The number of halogens is 2. The van der Waals surface area contributed by atoms with Crippen LogP contribution in [0.25, 0.3) is 10.9 Å². The van der Waals surface area contributed by atoms with Crippen LogP contribution >= 0.6 is 0 Å². The second-order valence-electron chi connectivity index (χ2n) is 9.93. The summed E-state index contributed by atoms with van der Waals surface area (Å²) >= 11 is 0. The van der Waals surface area contributed by atoms with E-state index in [0.29, 0.717) is 29.7 Å². The molecule has 0 aliphatic carbocycles. The maximum Gasteiger partial charge on any atom is 0.300 e. The lowest BCUT2D eigenvalue weighted by atomic mass is 9.86. The van der Waals surface area contributed by atoms with E-state index in [1.807, 2.05) is 13.1 Å². The van der Waals surface area contributed by atoms with Gasteiger partial charge >= 0.3 is 5.92 Å². The van der Waals surface area contributed by atoms with Gasteiger partial charge < -0.3 is 15.0 Å². The summed E-state index contributed by atoms with van der Waals surface area (Å²) in [7, 11) is 0. The lowest BCUT2D eigenvalue weighted by Gasteiger charge is -2.33. The van der Waals surface area contributed by atoms with Crippen molar-refractivity contribution >= 4 is 16.6 Å². The molecule has 4 bridgehead atoms. The van der Waals surface area contributed by atoms with E-state index in [0.717, 1.165) is 43.9 Å². The second kappa shape index (κ2) is 10.4. The number of aliphatic hydroxyl groups is 1. The van der Waals surface area contributed by atoms with Crippen molar-refractivity contribution in [1.29, 1.82) is 0 Å². The van der Waals surface area contributed by atoms with E-state index in [-0.39, 0.29) is 23.6 Å². The second-order valence-corrected chi connectivity index (χ2v) is 9.93. The molecule has 1 aliphatic heterocycles. The molecule has 3 heterocycles. The van der Waals surface area contributed by atoms with Gasteiger partial charge in [-0.25, -0.2) is 0 Å².